The van der Waals surface area contributed by atoms with Crippen molar-refractivity contribution in [2.75, 3.05) is 5.32 Å². The Morgan fingerprint density at radius 3 is 2.48 bits per heavy atom. The van der Waals surface area contributed by atoms with Crippen molar-refractivity contribution in [1.29, 1.82) is 0 Å². The van der Waals surface area contributed by atoms with Crippen LogP contribution >= 0.6 is 0 Å². The molecule has 1 aromatic heterocycles. The summed E-state index contributed by atoms with van der Waals surface area (Å²) in [5.41, 5.74) is 3.58. The highest BCUT2D eigenvalue weighted by atomic mass is 16.2. The fourth-order valence-electron chi connectivity index (χ4n) is 2.26. The zero-order chi connectivity index (χ0) is 15.0. The lowest BCUT2D eigenvalue weighted by Gasteiger charge is -2.14. The van der Waals surface area contributed by atoms with Gasteiger partial charge in [-0.05, 0) is 42.7 Å². The molecule has 4 nitrogen and oxygen atoms in total. The minimum absolute atomic E-state index is 0.344. The van der Waals surface area contributed by atoms with E-state index in [4.69, 9.17) is 0 Å². The summed E-state index contributed by atoms with van der Waals surface area (Å²) in [5.74, 6) is 0. The molecule has 3 rings (SSSR count). The third-order valence-electron chi connectivity index (χ3n) is 3.64. The van der Waals surface area contributed by atoms with E-state index in [0.29, 0.717) is 16.9 Å². The molecule has 4 heteroatoms. The first-order valence-electron chi connectivity index (χ1n) is 6.66. The molecule has 0 saturated carbocycles. The molecular weight excluding hydrogens is 264 g/mol. The first kappa shape index (κ1) is 13.2. The lowest BCUT2D eigenvalue weighted by molar-refractivity contribution is 1.30. The Morgan fingerprint density at radius 1 is 1.00 bits per heavy atom. The standard InChI is InChI=1S/C17H14N2O2/c1-10-5-6-12(8-11(10)2)14-15(17(21)16(14)20)19-13-4-3-7-18-9-13/h3-9,19H,1-2H3. The predicted molar refractivity (Wildman–Crippen MR) is 83.8 cm³/mol. The van der Waals surface area contributed by atoms with E-state index < -0.39 is 10.9 Å². The number of pyridine rings is 1. The minimum Gasteiger partial charge on any atom is -0.350 e. The fraction of sp³-hybridized carbons (Fsp3) is 0.118. The van der Waals surface area contributed by atoms with Gasteiger partial charge in [0.15, 0.2) is 0 Å². The monoisotopic (exact) mass is 278 g/mol. The van der Waals surface area contributed by atoms with Gasteiger partial charge in [-0.3, -0.25) is 14.6 Å². The van der Waals surface area contributed by atoms with Crippen molar-refractivity contribution in [1.82, 2.24) is 4.98 Å². The second-order valence-electron chi connectivity index (χ2n) is 5.07. The molecule has 1 heterocycles. The van der Waals surface area contributed by atoms with Crippen LogP contribution in [0.25, 0.3) is 11.1 Å². The molecule has 0 spiro atoms. The van der Waals surface area contributed by atoms with Crippen LogP contribution in [0.5, 0.6) is 0 Å². The van der Waals surface area contributed by atoms with E-state index in [2.05, 4.69) is 10.3 Å². The maximum Gasteiger partial charge on any atom is 0.250 e. The lowest BCUT2D eigenvalue weighted by atomic mass is 9.95. The topological polar surface area (TPSA) is 59.1 Å². The van der Waals surface area contributed by atoms with Crippen molar-refractivity contribution < 1.29 is 0 Å². The molecule has 0 unspecified atom stereocenters. The SMILES string of the molecule is Cc1ccc(-c2c(Nc3cccnc3)c(=O)c2=O)cc1C. The second kappa shape index (κ2) is 4.98. The van der Waals surface area contributed by atoms with Crippen LogP contribution in [0.4, 0.5) is 11.4 Å². The average Bonchev–Trinajstić information content (AvgIpc) is 2.51. The maximum atomic E-state index is 11.9. The van der Waals surface area contributed by atoms with Crippen LogP contribution in [0.15, 0.2) is 52.3 Å². The molecular formula is C17H14N2O2. The van der Waals surface area contributed by atoms with Crippen LogP contribution in [0.1, 0.15) is 11.1 Å². The molecule has 2 aromatic carbocycles. The molecule has 3 aromatic rings. The van der Waals surface area contributed by atoms with Crippen LogP contribution in [-0.4, -0.2) is 4.98 Å². The van der Waals surface area contributed by atoms with Gasteiger partial charge in [-0.2, -0.15) is 0 Å². The second-order valence-corrected chi connectivity index (χ2v) is 5.07. The van der Waals surface area contributed by atoms with Gasteiger partial charge in [-0.15, -0.1) is 0 Å². The van der Waals surface area contributed by atoms with Gasteiger partial charge < -0.3 is 5.32 Å². The zero-order valence-electron chi connectivity index (χ0n) is 11.8. The van der Waals surface area contributed by atoms with Gasteiger partial charge >= 0.3 is 0 Å². The van der Waals surface area contributed by atoms with Gasteiger partial charge in [0.2, 0.25) is 5.43 Å². The number of hydrogen-bond donors (Lipinski definition) is 1. The number of aryl methyl sites for hydroxylation is 2. The Balaban J connectivity index is 2.04. The van der Waals surface area contributed by atoms with Crippen LogP contribution < -0.4 is 16.2 Å². The van der Waals surface area contributed by atoms with Gasteiger partial charge in [0.05, 0.1) is 17.4 Å². The van der Waals surface area contributed by atoms with Crippen LogP contribution in [0.3, 0.4) is 0 Å². The lowest BCUT2D eigenvalue weighted by Crippen LogP contribution is -2.35. The summed E-state index contributed by atoms with van der Waals surface area (Å²) in [7, 11) is 0. The molecule has 0 aliphatic heterocycles. The van der Waals surface area contributed by atoms with Crippen molar-refractivity contribution in [3.05, 3.63) is 74.3 Å². The third kappa shape index (κ3) is 2.25. The van der Waals surface area contributed by atoms with Crippen molar-refractivity contribution in [3.63, 3.8) is 0 Å². The first-order valence-corrected chi connectivity index (χ1v) is 6.66. The van der Waals surface area contributed by atoms with Crippen molar-refractivity contribution >= 4 is 11.4 Å². The van der Waals surface area contributed by atoms with Gasteiger partial charge in [0.1, 0.15) is 5.69 Å². The molecule has 21 heavy (non-hydrogen) atoms. The molecule has 0 bridgehead atoms. The first-order chi connectivity index (χ1) is 10.1. The number of nitrogens with one attached hydrogen (secondary N) is 1. The van der Waals surface area contributed by atoms with E-state index in [9.17, 15) is 9.59 Å². The van der Waals surface area contributed by atoms with Crippen LogP contribution in [0, 0.1) is 13.8 Å². The molecule has 0 amide bonds. The van der Waals surface area contributed by atoms with E-state index in [0.717, 1.165) is 16.7 Å². The molecule has 0 aliphatic rings. The predicted octanol–water partition coefficient (Wildman–Crippen LogP) is 2.71. The Morgan fingerprint density at radius 2 is 1.81 bits per heavy atom. The molecule has 0 aliphatic carbocycles. The van der Waals surface area contributed by atoms with Crippen LogP contribution in [0.2, 0.25) is 0 Å². The molecule has 0 saturated heterocycles. The Bertz CT molecular complexity index is 876. The van der Waals surface area contributed by atoms with Crippen molar-refractivity contribution in [3.8, 4) is 11.1 Å². The normalized spacial score (nSPS) is 10.8. The molecule has 1 N–H and O–H groups in total. The summed E-state index contributed by atoms with van der Waals surface area (Å²) in [6, 6.07) is 9.32. The maximum absolute atomic E-state index is 11.9. The number of rotatable bonds is 3. The molecule has 0 fully saturated rings. The molecule has 0 radical (unpaired) electrons. The van der Waals surface area contributed by atoms with E-state index in [-0.39, 0.29) is 0 Å². The minimum atomic E-state index is -0.480. The number of aromatic nitrogens is 1. The summed E-state index contributed by atoms with van der Waals surface area (Å²) in [4.78, 5) is 27.7. The van der Waals surface area contributed by atoms with Gasteiger partial charge in [0, 0.05) is 6.20 Å². The molecule has 0 atom stereocenters. The number of benzene rings is 1. The van der Waals surface area contributed by atoms with E-state index >= 15 is 0 Å². The van der Waals surface area contributed by atoms with E-state index in [1.165, 1.54) is 0 Å². The summed E-state index contributed by atoms with van der Waals surface area (Å²) in [6.07, 6.45) is 3.26. The average molecular weight is 278 g/mol. The highest BCUT2D eigenvalue weighted by molar-refractivity contribution is 5.84. The van der Waals surface area contributed by atoms with E-state index in [1.807, 2.05) is 32.0 Å². The summed E-state index contributed by atoms with van der Waals surface area (Å²) >= 11 is 0. The van der Waals surface area contributed by atoms with Gasteiger partial charge in [-0.1, -0.05) is 18.2 Å². The zero-order valence-corrected chi connectivity index (χ0v) is 11.8. The van der Waals surface area contributed by atoms with E-state index in [1.54, 1.807) is 24.5 Å². The third-order valence-corrected chi connectivity index (χ3v) is 3.64. The number of nitrogens with zero attached hydrogens (tertiary/aromatic N) is 1. The number of hydrogen-bond acceptors (Lipinski definition) is 4. The van der Waals surface area contributed by atoms with Crippen molar-refractivity contribution in [2.45, 2.75) is 13.8 Å². The largest absolute Gasteiger partial charge is 0.350 e. The van der Waals surface area contributed by atoms with Gasteiger partial charge in [-0.25, -0.2) is 0 Å². The smallest absolute Gasteiger partial charge is 0.250 e. The number of anilines is 2. The Labute approximate surface area is 121 Å². The quantitative estimate of drug-likeness (QED) is 0.748. The Kier molecular flexibility index (Phi) is 3.14. The summed E-state index contributed by atoms with van der Waals surface area (Å²) < 4.78 is 0. The highest BCUT2D eigenvalue weighted by Crippen LogP contribution is 2.27. The fourth-order valence-corrected chi connectivity index (χ4v) is 2.26. The highest BCUT2D eigenvalue weighted by Gasteiger charge is 2.22. The van der Waals surface area contributed by atoms with Crippen molar-refractivity contribution in [2.24, 2.45) is 0 Å². The summed E-state index contributed by atoms with van der Waals surface area (Å²) in [5, 5.41) is 2.99. The van der Waals surface area contributed by atoms with Gasteiger partial charge in [0.25, 0.3) is 5.43 Å². The van der Waals surface area contributed by atoms with Crippen LogP contribution in [-0.2, 0) is 0 Å². The summed E-state index contributed by atoms with van der Waals surface area (Å²) in [6.45, 7) is 3.99. The molecule has 104 valence electrons. The Hall–Kier alpha value is -2.75.